The van der Waals surface area contributed by atoms with Gasteiger partial charge in [0.25, 0.3) is 0 Å². The molecule has 0 N–H and O–H groups in total. The third-order valence-corrected chi connectivity index (χ3v) is 1.27. The maximum atomic E-state index is 4.83. The molecule has 0 radical (unpaired) electrons. The van der Waals surface area contributed by atoms with E-state index in [9.17, 15) is 0 Å². The second-order valence-electron chi connectivity index (χ2n) is 1.90. The lowest BCUT2D eigenvalue weighted by molar-refractivity contribution is 0.391. The van der Waals surface area contributed by atoms with E-state index in [0.717, 1.165) is 23.6 Å². The van der Waals surface area contributed by atoms with Crippen LogP contribution < -0.4 is 0 Å². The van der Waals surface area contributed by atoms with Crippen molar-refractivity contribution in [1.82, 2.24) is 5.16 Å². The van der Waals surface area contributed by atoms with Crippen LogP contribution in [0.25, 0.3) is 0 Å². The molecule has 0 aromatic carbocycles. The van der Waals surface area contributed by atoms with E-state index in [-0.39, 0.29) is 0 Å². The van der Waals surface area contributed by atoms with Crippen LogP contribution in [-0.4, -0.2) is 10.9 Å². The lowest BCUT2D eigenvalue weighted by Crippen LogP contribution is -1.83. The fraction of sp³-hybridized carbons (Fsp3) is 0.500. The first-order chi connectivity index (χ1) is 4.33. The fourth-order valence-electron chi connectivity index (χ4n) is 0.650. The predicted molar refractivity (Wildman–Crippen MR) is 38.8 cm³/mol. The van der Waals surface area contributed by atoms with E-state index < -0.39 is 0 Å². The molecule has 0 spiro atoms. The van der Waals surface area contributed by atoms with Gasteiger partial charge in [0.05, 0.1) is 5.69 Å². The number of rotatable bonds is 2. The van der Waals surface area contributed by atoms with Crippen LogP contribution in [0.4, 0.5) is 0 Å². The van der Waals surface area contributed by atoms with Gasteiger partial charge in [0.1, 0.15) is 5.76 Å². The minimum Gasteiger partial charge on any atom is -0.361 e. The fourth-order valence-corrected chi connectivity index (χ4v) is 0.879. The quantitative estimate of drug-likeness (QED) is 0.634. The number of aromatic nitrogens is 1. The summed E-state index contributed by atoms with van der Waals surface area (Å²) in [5, 5.41) is 3.78. The molecule has 0 amide bonds. The standard InChI is InChI=1S/C6H9NOS/c1-5-4-6(2-3-9)7-8-5/h4,9H,2-3H2,1H3. The van der Waals surface area contributed by atoms with Gasteiger partial charge in [-0.25, -0.2) is 0 Å². The number of hydrogen-bond donors (Lipinski definition) is 1. The molecule has 0 aliphatic carbocycles. The van der Waals surface area contributed by atoms with Gasteiger partial charge in [0.2, 0.25) is 0 Å². The first kappa shape index (κ1) is 6.68. The molecule has 1 aromatic rings. The summed E-state index contributed by atoms with van der Waals surface area (Å²) in [4.78, 5) is 0. The molecule has 1 heterocycles. The van der Waals surface area contributed by atoms with Crippen molar-refractivity contribution in [1.29, 1.82) is 0 Å². The van der Waals surface area contributed by atoms with Crippen LogP contribution in [0.5, 0.6) is 0 Å². The number of thiol groups is 1. The summed E-state index contributed by atoms with van der Waals surface area (Å²) in [7, 11) is 0. The SMILES string of the molecule is Cc1cc(CCS)no1. The van der Waals surface area contributed by atoms with Crippen molar-refractivity contribution in [2.45, 2.75) is 13.3 Å². The molecule has 0 aliphatic heterocycles. The molecular formula is C6H9NOS. The Balaban J connectivity index is 2.61. The summed E-state index contributed by atoms with van der Waals surface area (Å²) in [5.41, 5.74) is 0.988. The highest BCUT2D eigenvalue weighted by Crippen LogP contribution is 2.01. The van der Waals surface area contributed by atoms with Crippen molar-refractivity contribution in [3.63, 3.8) is 0 Å². The van der Waals surface area contributed by atoms with Crippen LogP contribution in [-0.2, 0) is 6.42 Å². The van der Waals surface area contributed by atoms with E-state index in [1.54, 1.807) is 0 Å². The molecule has 0 saturated heterocycles. The summed E-state index contributed by atoms with van der Waals surface area (Å²) in [6.07, 6.45) is 0.889. The Morgan fingerprint density at radius 1 is 1.78 bits per heavy atom. The largest absolute Gasteiger partial charge is 0.361 e. The Kier molecular flexibility index (Phi) is 2.16. The summed E-state index contributed by atoms with van der Waals surface area (Å²) in [6.45, 7) is 1.88. The third kappa shape index (κ3) is 1.75. The van der Waals surface area contributed by atoms with Gasteiger partial charge in [-0.15, -0.1) is 0 Å². The van der Waals surface area contributed by atoms with Crippen molar-refractivity contribution < 1.29 is 4.52 Å². The van der Waals surface area contributed by atoms with Gasteiger partial charge < -0.3 is 4.52 Å². The van der Waals surface area contributed by atoms with Crippen LogP contribution in [0.1, 0.15) is 11.5 Å². The van der Waals surface area contributed by atoms with Crippen LogP contribution in [0.3, 0.4) is 0 Å². The molecule has 0 saturated carbocycles. The van der Waals surface area contributed by atoms with E-state index in [1.807, 2.05) is 13.0 Å². The monoisotopic (exact) mass is 143 g/mol. The average molecular weight is 143 g/mol. The Morgan fingerprint density at radius 3 is 3.00 bits per heavy atom. The maximum Gasteiger partial charge on any atom is 0.133 e. The van der Waals surface area contributed by atoms with E-state index in [0.29, 0.717) is 0 Å². The first-order valence-corrected chi connectivity index (χ1v) is 3.49. The second-order valence-corrected chi connectivity index (χ2v) is 2.35. The highest BCUT2D eigenvalue weighted by atomic mass is 32.1. The average Bonchev–Trinajstić information content (AvgIpc) is 2.17. The molecule has 50 valence electrons. The van der Waals surface area contributed by atoms with E-state index in [2.05, 4.69) is 17.8 Å². The highest BCUT2D eigenvalue weighted by molar-refractivity contribution is 7.80. The van der Waals surface area contributed by atoms with Gasteiger partial charge >= 0.3 is 0 Å². The molecule has 0 unspecified atom stereocenters. The molecule has 0 bridgehead atoms. The number of hydrogen-bond acceptors (Lipinski definition) is 3. The Morgan fingerprint density at radius 2 is 2.56 bits per heavy atom. The molecular weight excluding hydrogens is 134 g/mol. The molecule has 9 heavy (non-hydrogen) atoms. The summed E-state index contributed by atoms with van der Waals surface area (Å²) >= 11 is 4.06. The van der Waals surface area contributed by atoms with Crippen molar-refractivity contribution in [2.75, 3.05) is 5.75 Å². The Bertz CT molecular complexity index is 185. The van der Waals surface area contributed by atoms with Gasteiger partial charge in [-0.2, -0.15) is 12.6 Å². The lowest BCUT2D eigenvalue weighted by atomic mass is 10.3. The van der Waals surface area contributed by atoms with Crippen molar-refractivity contribution in [3.05, 3.63) is 17.5 Å². The highest BCUT2D eigenvalue weighted by Gasteiger charge is 1.96. The number of nitrogens with zero attached hydrogens (tertiary/aromatic N) is 1. The summed E-state index contributed by atoms with van der Waals surface area (Å²) < 4.78 is 4.83. The minimum atomic E-state index is 0.825. The third-order valence-electron chi connectivity index (χ3n) is 1.04. The zero-order valence-electron chi connectivity index (χ0n) is 5.29. The number of aryl methyl sites for hydroxylation is 2. The molecule has 2 nitrogen and oxygen atoms in total. The van der Waals surface area contributed by atoms with Crippen molar-refractivity contribution >= 4 is 12.6 Å². The molecule has 0 atom stereocenters. The van der Waals surface area contributed by atoms with E-state index >= 15 is 0 Å². The van der Waals surface area contributed by atoms with Crippen LogP contribution in [0, 0.1) is 6.92 Å². The van der Waals surface area contributed by atoms with E-state index in [4.69, 9.17) is 4.52 Å². The Hall–Kier alpha value is -0.440. The summed E-state index contributed by atoms with van der Waals surface area (Å²) in [6, 6.07) is 1.93. The van der Waals surface area contributed by atoms with Gasteiger partial charge in [-0.3, -0.25) is 0 Å². The van der Waals surface area contributed by atoms with Crippen molar-refractivity contribution in [2.24, 2.45) is 0 Å². The summed E-state index contributed by atoms with van der Waals surface area (Å²) in [5.74, 6) is 1.69. The van der Waals surface area contributed by atoms with Gasteiger partial charge in [-0.05, 0) is 12.7 Å². The zero-order valence-corrected chi connectivity index (χ0v) is 6.19. The second kappa shape index (κ2) is 2.92. The van der Waals surface area contributed by atoms with Crippen LogP contribution in [0.2, 0.25) is 0 Å². The minimum absolute atomic E-state index is 0.825. The van der Waals surface area contributed by atoms with Crippen LogP contribution in [0.15, 0.2) is 10.6 Å². The van der Waals surface area contributed by atoms with Crippen molar-refractivity contribution in [3.8, 4) is 0 Å². The molecule has 0 fully saturated rings. The molecule has 1 rings (SSSR count). The van der Waals surface area contributed by atoms with Crippen LogP contribution >= 0.6 is 12.6 Å². The normalized spacial score (nSPS) is 10.0. The molecule has 0 aliphatic rings. The smallest absolute Gasteiger partial charge is 0.133 e. The van der Waals surface area contributed by atoms with Gasteiger partial charge in [0.15, 0.2) is 0 Å². The zero-order chi connectivity index (χ0) is 6.69. The molecule has 1 aromatic heterocycles. The Labute approximate surface area is 59.6 Å². The first-order valence-electron chi connectivity index (χ1n) is 2.86. The predicted octanol–water partition coefficient (Wildman–Crippen LogP) is 1.46. The van der Waals surface area contributed by atoms with E-state index in [1.165, 1.54) is 0 Å². The topological polar surface area (TPSA) is 26.0 Å². The molecule has 3 heteroatoms. The van der Waals surface area contributed by atoms with Gasteiger partial charge in [-0.1, -0.05) is 5.16 Å². The lowest BCUT2D eigenvalue weighted by Gasteiger charge is -1.82. The maximum absolute atomic E-state index is 4.83. The van der Waals surface area contributed by atoms with Gasteiger partial charge in [0, 0.05) is 12.5 Å².